The van der Waals surface area contributed by atoms with Crippen molar-refractivity contribution < 1.29 is 4.92 Å². The summed E-state index contributed by atoms with van der Waals surface area (Å²) in [7, 11) is 0. The molecule has 116 valence electrons. The Morgan fingerprint density at radius 1 is 1.57 bits per heavy atom. The Labute approximate surface area is 125 Å². The van der Waals surface area contributed by atoms with Crippen LogP contribution in [0, 0.1) is 23.0 Å². The smallest absolute Gasteiger partial charge is 0.314 e. The second-order valence-corrected chi connectivity index (χ2v) is 6.15. The van der Waals surface area contributed by atoms with E-state index in [-0.39, 0.29) is 10.6 Å². The fraction of sp³-hybridized carbons (Fsp3) is 0.667. The third kappa shape index (κ3) is 3.91. The van der Waals surface area contributed by atoms with Gasteiger partial charge in [0.25, 0.3) is 0 Å². The van der Waals surface area contributed by atoms with Gasteiger partial charge in [0.15, 0.2) is 0 Å². The number of pyridine rings is 1. The highest BCUT2D eigenvalue weighted by Crippen LogP contribution is 2.26. The van der Waals surface area contributed by atoms with Crippen LogP contribution < -0.4 is 5.32 Å². The molecule has 2 rings (SSSR count). The van der Waals surface area contributed by atoms with Crippen molar-refractivity contribution in [2.24, 2.45) is 5.92 Å². The molecule has 0 amide bonds. The number of rotatable bonds is 6. The first-order valence-electron chi connectivity index (χ1n) is 7.57. The highest BCUT2D eigenvalue weighted by atomic mass is 16.6. The van der Waals surface area contributed by atoms with E-state index in [0.717, 1.165) is 19.5 Å². The van der Waals surface area contributed by atoms with E-state index in [9.17, 15) is 10.1 Å². The van der Waals surface area contributed by atoms with E-state index in [1.807, 2.05) is 0 Å². The van der Waals surface area contributed by atoms with Gasteiger partial charge in [-0.3, -0.25) is 15.0 Å². The highest BCUT2D eigenvalue weighted by Gasteiger charge is 2.26. The third-order valence-electron chi connectivity index (χ3n) is 3.91. The van der Waals surface area contributed by atoms with Gasteiger partial charge in [0.1, 0.15) is 0 Å². The summed E-state index contributed by atoms with van der Waals surface area (Å²) in [5.74, 6) is 1.02. The summed E-state index contributed by atoms with van der Waals surface area (Å²) in [5, 5.41) is 14.3. The van der Waals surface area contributed by atoms with Crippen LogP contribution >= 0.6 is 0 Å². The molecule has 6 nitrogen and oxygen atoms in total. The van der Waals surface area contributed by atoms with E-state index in [4.69, 9.17) is 0 Å². The van der Waals surface area contributed by atoms with Crippen LogP contribution in [-0.2, 0) is 0 Å². The molecule has 1 aromatic rings. The zero-order chi connectivity index (χ0) is 15.4. The van der Waals surface area contributed by atoms with Crippen LogP contribution in [0.2, 0.25) is 0 Å². The molecule has 1 aliphatic rings. The molecule has 0 spiro atoms. The normalized spacial score (nSPS) is 19.1. The van der Waals surface area contributed by atoms with Crippen molar-refractivity contribution in [2.45, 2.75) is 39.7 Å². The molecule has 1 aromatic heterocycles. The number of nitrogens with zero attached hydrogens (tertiary/aromatic N) is 3. The standard InChI is InChI=1S/C15H24N4O2/c1-11(2)10-18-8-4-5-13(18)9-17-15-14(19(20)21)12(3)6-7-16-15/h6-7,11,13H,4-5,8-10H2,1-3H3,(H,16,17)/t13-/m0/s1. The summed E-state index contributed by atoms with van der Waals surface area (Å²) in [4.78, 5) is 17.4. The molecule has 6 heteroatoms. The van der Waals surface area contributed by atoms with Crippen molar-refractivity contribution in [2.75, 3.05) is 25.0 Å². The number of likely N-dealkylation sites (tertiary alicyclic amines) is 1. The van der Waals surface area contributed by atoms with Gasteiger partial charge in [0, 0.05) is 30.9 Å². The SMILES string of the molecule is Cc1ccnc(NC[C@@H]2CCCN2CC(C)C)c1[N+](=O)[O-]. The van der Waals surface area contributed by atoms with E-state index in [1.165, 1.54) is 6.42 Å². The van der Waals surface area contributed by atoms with Gasteiger partial charge < -0.3 is 5.32 Å². The largest absolute Gasteiger partial charge is 0.363 e. The van der Waals surface area contributed by atoms with Gasteiger partial charge >= 0.3 is 5.69 Å². The van der Waals surface area contributed by atoms with Crippen LogP contribution in [0.5, 0.6) is 0 Å². The van der Waals surface area contributed by atoms with Gasteiger partial charge in [-0.15, -0.1) is 0 Å². The van der Waals surface area contributed by atoms with Gasteiger partial charge in [-0.25, -0.2) is 4.98 Å². The monoisotopic (exact) mass is 292 g/mol. The first-order chi connectivity index (χ1) is 9.99. The molecule has 0 aromatic carbocycles. The van der Waals surface area contributed by atoms with E-state index in [2.05, 4.69) is 29.0 Å². The molecule has 0 bridgehead atoms. The third-order valence-corrected chi connectivity index (χ3v) is 3.91. The van der Waals surface area contributed by atoms with Crippen LogP contribution in [-0.4, -0.2) is 40.5 Å². The maximum Gasteiger partial charge on any atom is 0.314 e. The van der Waals surface area contributed by atoms with Crippen LogP contribution in [0.1, 0.15) is 32.3 Å². The Balaban J connectivity index is 2.03. The Kier molecular flexibility index (Phi) is 5.12. The lowest BCUT2D eigenvalue weighted by molar-refractivity contribution is -0.384. The van der Waals surface area contributed by atoms with Crippen LogP contribution in [0.25, 0.3) is 0 Å². The molecule has 1 aliphatic heterocycles. The van der Waals surface area contributed by atoms with Crippen LogP contribution in [0.4, 0.5) is 11.5 Å². The number of aryl methyl sites for hydroxylation is 1. The number of hydrogen-bond acceptors (Lipinski definition) is 5. The van der Waals surface area contributed by atoms with Crippen molar-refractivity contribution in [1.82, 2.24) is 9.88 Å². The molecule has 1 saturated heterocycles. The van der Waals surface area contributed by atoms with Gasteiger partial charge in [0.2, 0.25) is 5.82 Å². The number of aromatic nitrogens is 1. The lowest BCUT2D eigenvalue weighted by Gasteiger charge is -2.26. The Morgan fingerprint density at radius 2 is 2.33 bits per heavy atom. The average Bonchev–Trinajstić information content (AvgIpc) is 2.82. The first-order valence-corrected chi connectivity index (χ1v) is 7.57. The fourth-order valence-electron chi connectivity index (χ4n) is 2.96. The Hall–Kier alpha value is -1.69. The predicted octanol–water partition coefficient (Wildman–Crippen LogP) is 2.83. The summed E-state index contributed by atoms with van der Waals surface area (Å²) < 4.78 is 0. The molecule has 21 heavy (non-hydrogen) atoms. The van der Waals surface area contributed by atoms with Crippen molar-refractivity contribution in [1.29, 1.82) is 0 Å². The molecule has 2 heterocycles. The van der Waals surface area contributed by atoms with Gasteiger partial charge in [-0.1, -0.05) is 13.8 Å². The molecular formula is C15H24N4O2. The molecule has 1 N–H and O–H groups in total. The summed E-state index contributed by atoms with van der Waals surface area (Å²) in [5.41, 5.74) is 0.730. The van der Waals surface area contributed by atoms with Gasteiger partial charge in [-0.2, -0.15) is 0 Å². The van der Waals surface area contributed by atoms with Crippen molar-refractivity contribution >= 4 is 11.5 Å². The molecular weight excluding hydrogens is 268 g/mol. The summed E-state index contributed by atoms with van der Waals surface area (Å²) >= 11 is 0. The maximum absolute atomic E-state index is 11.2. The van der Waals surface area contributed by atoms with E-state index >= 15 is 0 Å². The van der Waals surface area contributed by atoms with Crippen molar-refractivity contribution in [3.05, 3.63) is 27.9 Å². The quantitative estimate of drug-likeness (QED) is 0.645. The second-order valence-electron chi connectivity index (χ2n) is 6.15. The van der Waals surface area contributed by atoms with Gasteiger partial charge in [-0.05, 0) is 38.3 Å². The number of nitrogens with one attached hydrogen (secondary N) is 1. The number of anilines is 1. The summed E-state index contributed by atoms with van der Waals surface area (Å²) in [6, 6.07) is 2.11. The highest BCUT2D eigenvalue weighted by molar-refractivity contribution is 5.59. The van der Waals surface area contributed by atoms with Crippen molar-refractivity contribution in [3.8, 4) is 0 Å². The minimum Gasteiger partial charge on any atom is -0.363 e. The fourth-order valence-corrected chi connectivity index (χ4v) is 2.96. The molecule has 1 atom stereocenters. The zero-order valence-corrected chi connectivity index (χ0v) is 13.0. The lowest BCUT2D eigenvalue weighted by Crippen LogP contribution is -2.37. The van der Waals surface area contributed by atoms with E-state index in [0.29, 0.717) is 29.9 Å². The molecule has 0 saturated carbocycles. The molecule has 0 aliphatic carbocycles. The van der Waals surface area contributed by atoms with Gasteiger partial charge in [0.05, 0.1) is 4.92 Å². The summed E-state index contributed by atoms with van der Waals surface area (Å²) in [6.45, 7) is 9.09. The Morgan fingerprint density at radius 3 is 3.00 bits per heavy atom. The number of hydrogen-bond donors (Lipinski definition) is 1. The molecule has 0 unspecified atom stereocenters. The minimum absolute atomic E-state index is 0.0888. The first kappa shape index (κ1) is 15.7. The molecule has 0 radical (unpaired) electrons. The predicted molar refractivity (Wildman–Crippen MR) is 83.6 cm³/mol. The van der Waals surface area contributed by atoms with Crippen LogP contribution in [0.3, 0.4) is 0 Å². The van der Waals surface area contributed by atoms with Crippen molar-refractivity contribution in [3.63, 3.8) is 0 Å². The lowest BCUT2D eigenvalue weighted by atomic mass is 10.1. The zero-order valence-electron chi connectivity index (χ0n) is 13.0. The Bertz CT molecular complexity index is 504. The van der Waals surface area contributed by atoms with E-state index < -0.39 is 0 Å². The topological polar surface area (TPSA) is 71.3 Å². The maximum atomic E-state index is 11.2. The average molecular weight is 292 g/mol. The van der Waals surface area contributed by atoms with E-state index in [1.54, 1.807) is 19.2 Å². The minimum atomic E-state index is -0.356. The summed E-state index contributed by atoms with van der Waals surface area (Å²) in [6.07, 6.45) is 3.95. The molecule has 1 fully saturated rings. The van der Waals surface area contributed by atoms with Crippen LogP contribution in [0.15, 0.2) is 12.3 Å². The second kappa shape index (κ2) is 6.85. The number of nitro groups is 1.